The predicted molar refractivity (Wildman–Crippen MR) is 371 cm³/mol. The third kappa shape index (κ3) is 15.3. The smallest absolute Gasteiger partial charge is 0.284 e. The normalized spacial score (nSPS) is 11.1. The number of benzene rings is 3. The highest BCUT2D eigenvalue weighted by Crippen LogP contribution is 2.28. The Morgan fingerprint density at radius 1 is 0.500 bits per heavy atom. The van der Waals surface area contributed by atoms with Gasteiger partial charge in [0.2, 0.25) is 17.4 Å². The van der Waals surface area contributed by atoms with Crippen LogP contribution in [0.2, 0.25) is 0 Å². The van der Waals surface area contributed by atoms with Crippen LogP contribution in [-0.2, 0) is 57.4 Å². The number of aromatic nitrogens is 12. The van der Waals surface area contributed by atoms with E-state index >= 15 is 0 Å². The van der Waals surface area contributed by atoms with Gasteiger partial charge in [0.1, 0.15) is 81.0 Å². The Morgan fingerprint density at radius 3 is 1.31 bits per heavy atom. The third-order valence-corrected chi connectivity index (χ3v) is 16.5. The monoisotopic (exact) mass is 1630 g/mol. The second kappa shape index (κ2) is 29.5. The number of hydrogen-bond acceptors (Lipinski definition) is 18. The summed E-state index contributed by atoms with van der Waals surface area (Å²) in [5.41, 5.74) is -2.05. The van der Waals surface area contributed by atoms with Crippen LogP contribution in [0.5, 0.6) is 0 Å². The first kappa shape index (κ1) is 68.7. The lowest BCUT2D eigenvalue weighted by molar-refractivity contribution is -0.126. The largest absolute Gasteiger partial charge is 0.395 e. The summed E-state index contributed by atoms with van der Waals surface area (Å²) >= 11 is 5.91. The van der Waals surface area contributed by atoms with Crippen LogP contribution in [0, 0.1) is 35.1 Å². The number of carbonyl (C=O) groups excluding carboxylic acids is 2. The molecule has 34 heteroatoms. The fourth-order valence-electron chi connectivity index (χ4n) is 9.73. The molecule has 11 aromatic rings. The van der Waals surface area contributed by atoms with Crippen LogP contribution < -0.4 is 71.1 Å². The van der Waals surface area contributed by atoms with E-state index < -0.39 is 57.1 Å². The second-order valence-corrected chi connectivity index (χ2v) is 24.4. The fraction of sp³-hybridized carbons (Fsp3) is 0.200. The molecule has 7 N–H and O–H groups in total. The summed E-state index contributed by atoms with van der Waals surface area (Å²) in [6, 6.07) is 19.8. The molecule has 8 aromatic heterocycles. The lowest BCUT2D eigenvalue weighted by Crippen LogP contribution is -2.38. The Labute approximate surface area is 566 Å². The Hall–Kier alpha value is -9.70. The van der Waals surface area contributed by atoms with Crippen LogP contribution in [0.1, 0.15) is 12.2 Å². The SMILES string of the molecule is Cc1nc(=O)c2ccc(=O)[nH]c2n1C.Cn1c(=O)cc(Nc2ccc(I)cc2F)c2c(=O)ncn(CCNC(=O)CNC(=O)CCn3cnc(=O)c4c(Nc5ccc(I)cc5F)cc(=O)n(C)c43)c21.Cn1c(=O)cc(Nc2ccc(I)cc2F)c2c(=O)ncn(CCO)c21. The Balaban J connectivity index is 0.000000216. The van der Waals surface area contributed by atoms with E-state index in [0.29, 0.717) is 29.6 Å². The molecule has 0 aliphatic rings. The van der Waals surface area contributed by atoms with Crippen molar-refractivity contribution in [3.8, 4) is 0 Å². The van der Waals surface area contributed by atoms with E-state index in [9.17, 15) is 66.2 Å². The van der Waals surface area contributed by atoms with Crippen molar-refractivity contribution in [2.24, 2.45) is 28.2 Å². The number of halogens is 6. The van der Waals surface area contributed by atoms with Crippen LogP contribution in [0.15, 0.2) is 142 Å². The summed E-state index contributed by atoms with van der Waals surface area (Å²) in [7, 11) is 6.19. The van der Waals surface area contributed by atoms with Crippen LogP contribution in [0.4, 0.5) is 47.3 Å². The number of nitrogens with one attached hydrogen (secondary N) is 6. The molecule has 0 unspecified atom stereocenters. The number of aryl methyl sites for hydroxylation is 6. The van der Waals surface area contributed by atoms with Crippen LogP contribution in [0.25, 0.3) is 44.1 Å². The molecule has 0 atom stereocenters. The quantitative estimate of drug-likeness (QED) is 0.0663. The number of anilines is 6. The number of nitrogens with zero attached hydrogens (tertiary/aromatic N) is 11. The molecule has 11 rings (SSSR count). The Kier molecular flexibility index (Phi) is 21.5. The van der Waals surface area contributed by atoms with Gasteiger partial charge in [0.05, 0.1) is 52.7 Å². The first-order valence-electron chi connectivity index (χ1n) is 27.9. The molecule has 0 spiro atoms. The van der Waals surface area contributed by atoms with Crippen molar-refractivity contribution in [3.63, 3.8) is 0 Å². The minimum Gasteiger partial charge on any atom is -0.395 e. The fourth-order valence-corrected chi connectivity index (χ4v) is 11.1. The molecule has 94 heavy (non-hydrogen) atoms. The van der Waals surface area contributed by atoms with E-state index in [-0.39, 0.29) is 124 Å². The van der Waals surface area contributed by atoms with E-state index in [0.717, 1.165) is 3.57 Å². The van der Waals surface area contributed by atoms with E-state index in [4.69, 9.17) is 0 Å². The first-order chi connectivity index (χ1) is 44.7. The van der Waals surface area contributed by atoms with Crippen molar-refractivity contribution in [1.82, 2.24) is 67.5 Å². The van der Waals surface area contributed by atoms with E-state index in [1.807, 2.05) is 67.8 Å². The number of aliphatic hydroxyl groups excluding tert-OH is 1. The van der Waals surface area contributed by atoms with E-state index in [1.54, 1.807) is 36.7 Å². The highest BCUT2D eigenvalue weighted by molar-refractivity contribution is 14.1. The number of pyridine rings is 4. The standard InChI is InChI=1S/C35H30F2I2N10O6.C16H14FIN4O3.C9H9N3O2/c1-46-28(52)13-24(44-22-5-3-18(38)11-20(22)36)30-32(54)42-16-48(34(30)46)9-7-26(50)41-15-27(51)40-8-10-49-17-43-33(55)31-25(14-29(53)47(2)35(31)49)45-23-6-4-19(39)12-21(23)37;1-21-13(24)7-12(20-11-3-2-9(18)6-10(11)17)14-15(25)19-8-22(4-5-23)16(14)21;1-5-10-9(14)6-3-4-7(13)11-8(6)12(5)2/h3-6,11-14,16-17,44-45H,7-10,15H2,1-2H3,(H,40,51)(H,41,50);2-3,6-8,20,23H,4-5H2,1H3;3-4H,1-2H3,(H,11,13). The molecule has 3 aromatic carbocycles. The summed E-state index contributed by atoms with van der Waals surface area (Å²) in [5, 5.41) is 23.5. The summed E-state index contributed by atoms with van der Waals surface area (Å²) in [5.74, 6) is -2.14. The highest BCUT2D eigenvalue weighted by Gasteiger charge is 2.20. The number of aliphatic hydroxyl groups is 1. The molecular formula is C60H53F3I3N17O11. The van der Waals surface area contributed by atoms with Gasteiger partial charge in [-0.1, -0.05) is 0 Å². The van der Waals surface area contributed by atoms with Crippen molar-refractivity contribution in [1.29, 1.82) is 0 Å². The summed E-state index contributed by atoms with van der Waals surface area (Å²) in [4.78, 5) is 142. The molecule has 486 valence electrons. The van der Waals surface area contributed by atoms with Gasteiger partial charge in [0.25, 0.3) is 38.9 Å². The molecule has 0 bridgehead atoms. The number of hydrogen-bond donors (Lipinski definition) is 7. The summed E-state index contributed by atoms with van der Waals surface area (Å²) < 4.78 is 55.3. The Bertz CT molecular complexity index is 5380. The maximum Gasteiger partial charge on any atom is 0.284 e. The van der Waals surface area contributed by atoms with E-state index in [2.05, 4.69) is 51.5 Å². The zero-order valence-corrected chi connectivity index (χ0v) is 56.5. The van der Waals surface area contributed by atoms with Gasteiger partial charge in [-0.15, -0.1) is 0 Å². The van der Waals surface area contributed by atoms with Gasteiger partial charge in [-0.2, -0.15) is 19.9 Å². The van der Waals surface area contributed by atoms with Gasteiger partial charge in [-0.25, -0.2) is 13.2 Å². The van der Waals surface area contributed by atoms with Gasteiger partial charge in [-0.3, -0.25) is 61.6 Å². The van der Waals surface area contributed by atoms with Gasteiger partial charge in [0.15, 0.2) is 0 Å². The second-order valence-electron chi connectivity index (χ2n) is 20.6. The molecule has 2 amide bonds. The maximum atomic E-state index is 14.6. The predicted octanol–water partition coefficient (Wildman–Crippen LogP) is 4.31. The highest BCUT2D eigenvalue weighted by atomic mass is 127. The minimum atomic E-state index is -0.668. The first-order valence-corrected chi connectivity index (χ1v) is 31.1. The molecule has 8 heterocycles. The number of amides is 2. The summed E-state index contributed by atoms with van der Waals surface area (Å²) in [6.45, 7) is 1.40. The molecule has 28 nitrogen and oxygen atoms in total. The van der Waals surface area contributed by atoms with Crippen LogP contribution in [-0.4, -0.2) is 93.5 Å². The molecule has 0 saturated carbocycles. The van der Waals surface area contributed by atoms with Crippen molar-refractivity contribution in [2.75, 3.05) is 35.6 Å². The van der Waals surface area contributed by atoms with E-state index in [1.165, 1.54) is 134 Å². The van der Waals surface area contributed by atoms with Crippen molar-refractivity contribution < 1.29 is 27.9 Å². The molecule has 0 radical (unpaired) electrons. The molecule has 0 aliphatic carbocycles. The minimum absolute atomic E-state index is 0.0144. The van der Waals surface area contributed by atoms with Crippen LogP contribution >= 0.6 is 67.8 Å². The van der Waals surface area contributed by atoms with Crippen molar-refractivity contribution >= 4 is 158 Å². The van der Waals surface area contributed by atoms with Crippen molar-refractivity contribution in [3.05, 3.63) is 221 Å². The number of H-pyrrole nitrogens is 1. The van der Waals surface area contributed by atoms with Crippen molar-refractivity contribution in [2.45, 2.75) is 33.0 Å². The molecule has 0 fully saturated rings. The third-order valence-electron chi connectivity index (χ3n) is 14.5. The topological polar surface area (TPSA) is 353 Å². The maximum absolute atomic E-state index is 14.6. The van der Waals surface area contributed by atoms with Gasteiger partial charge in [-0.05, 0) is 135 Å². The Morgan fingerprint density at radius 2 is 0.904 bits per heavy atom. The zero-order chi connectivity index (χ0) is 68.0. The number of carbonyl (C=O) groups is 2. The average Bonchev–Trinajstić information content (AvgIpc) is 0.786. The van der Waals surface area contributed by atoms with Crippen LogP contribution in [0.3, 0.4) is 0 Å². The lowest BCUT2D eigenvalue weighted by atomic mass is 10.2. The molecule has 0 aliphatic heterocycles. The number of rotatable bonds is 16. The zero-order valence-electron chi connectivity index (χ0n) is 50.0. The molecule has 0 saturated heterocycles. The lowest BCUT2D eigenvalue weighted by Gasteiger charge is -2.17. The van der Waals surface area contributed by atoms with Gasteiger partial charge < -0.3 is 54.9 Å². The van der Waals surface area contributed by atoms with Gasteiger partial charge >= 0.3 is 0 Å². The number of aromatic amines is 1. The number of fused-ring (bicyclic) bond motifs is 4. The average molecular weight is 1630 g/mol. The van der Waals surface area contributed by atoms with Gasteiger partial charge in [0, 0.05) is 95.8 Å². The molecular weight excluding hydrogens is 1570 g/mol. The summed E-state index contributed by atoms with van der Waals surface area (Å²) in [6.07, 6.45) is 3.55.